The van der Waals surface area contributed by atoms with E-state index in [2.05, 4.69) is 10.4 Å². The number of aryl methyl sites for hydroxylation is 2. The number of piperidine rings is 1. The standard InChI is InChI=1S/C30H35N5O5/c1-33-20-28(36)32-26-19-34(30(38)12-16-35-14-4-13-31-35)15-11-27(26)39-21-23-6-3-8-25(18-23)40-24-7-2-5-22(17-24)9-10-29(33)37/h2-8,13-14,17-18,26-27H,9-12,15-16,19-21H2,1H3,(H,32,36)/t26-,27+/m0/s1. The Bertz CT molecular complexity index is 1330. The minimum atomic E-state index is -0.406. The third-order valence-electron chi connectivity index (χ3n) is 7.29. The molecule has 10 heteroatoms. The maximum absolute atomic E-state index is 13.0. The Hall–Kier alpha value is -4.18. The number of carbonyl (C=O) groups excluding carboxylic acids is 3. The molecule has 210 valence electrons. The molecule has 10 nitrogen and oxygen atoms in total. The zero-order valence-corrected chi connectivity index (χ0v) is 22.7. The lowest BCUT2D eigenvalue weighted by atomic mass is 10.0. The van der Waals surface area contributed by atoms with E-state index in [0.717, 1.165) is 11.1 Å². The molecule has 0 spiro atoms. The van der Waals surface area contributed by atoms with E-state index in [9.17, 15) is 14.4 Å². The first kappa shape index (κ1) is 27.4. The number of carbonyl (C=O) groups is 3. The zero-order chi connectivity index (χ0) is 27.9. The Morgan fingerprint density at radius 1 is 1.05 bits per heavy atom. The second-order valence-corrected chi connectivity index (χ2v) is 10.3. The summed E-state index contributed by atoms with van der Waals surface area (Å²) >= 11 is 0. The summed E-state index contributed by atoms with van der Waals surface area (Å²) < 4.78 is 14.1. The number of hydrogen-bond acceptors (Lipinski definition) is 6. The van der Waals surface area contributed by atoms with Crippen LogP contribution in [0.1, 0.15) is 30.4 Å². The van der Waals surface area contributed by atoms with Gasteiger partial charge in [-0.05, 0) is 54.3 Å². The van der Waals surface area contributed by atoms with Gasteiger partial charge in [0.25, 0.3) is 0 Å². The number of ether oxygens (including phenoxy) is 2. The molecule has 0 saturated carbocycles. The Balaban J connectivity index is 1.32. The second-order valence-electron chi connectivity index (χ2n) is 10.3. The molecule has 1 N–H and O–H groups in total. The van der Waals surface area contributed by atoms with Gasteiger partial charge in [0, 0.05) is 51.9 Å². The van der Waals surface area contributed by atoms with Crippen LogP contribution in [0.5, 0.6) is 11.5 Å². The fourth-order valence-electron chi connectivity index (χ4n) is 5.10. The summed E-state index contributed by atoms with van der Waals surface area (Å²) in [5, 5.41) is 7.21. The number of likely N-dealkylation sites (N-methyl/N-ethyl adjacent to an activating group) is 1. The van der Waals surface area contributed by atoms with Crippen LogP contribution >= 0.6 is 0 Å². The van der Waals surface area contributed by atoms with E-state index in [-0.39, 0.29) is 36.8 Å². The van der Waals surface area contributed by atoms with Gasteiger partial charge in [0.05, 0.1) is 25.3 Å². The number of nitrogens with zero attached hydrogens (tertiary/aromatic N) is 4. The van der Waals surface area contributed by atoms with E-state index in [1.54, 1.807) is 22.8 Å². The van der Waals surface area contributed by atoms with Gasteiger partial charge in [0.15, 0.2) is 0 Å². The van der Waals surface area contributed by atoms with Gasteiger partial charge in [0.2, 0.25) is 17.7 Å². The van der Waals surface area contributed by atoms with Crippen LogP contribution in [0.25, 0.3) is 0 Å². The Morgan fingerprint density at radius 3 is 2.60 bits per heavy atom. The Labute approximate surface area is 233 Å². The number of amides is 3. The molecule has 0 aliphatic carbocycles. The maximum atomic E-state index is 13.0. The van der Waals surface area contributed by atoms with E-state index in [1.807, 2.05) is 60.8 Å². The highest BCUT2D eigenvalue weighted by atomic mass is 16.5. The van der Waals surface area contributed by atoms with Crippen molar-refractivity contribution in [2.24, 2.45) is 0 Å². The fraction of sp³-hybridized carbons (Fsp3) is 0.400. The monoisotopic (exact) mass is 545 g/mol. The van der Waals surface area contributed by atoms with E-state index in [0.29, 0.717) is 57.0 Å². The fourth-order valence-corrected chi connectivity index (χ4v) is 5.10. The van der Waals surface area contributed by atoms with Crippen molar-refractivity contribution in [2.75, 3.05) is 26.7 Å². The van der Waals surface area contributed by atoms with Crippen LogP contribution in [0, 0.1) is 0 Å². The predicted octanol–water partition coefficient (Wildman–Crippen LogP) is 2.77. The normalized spacial score (nSPS) is 20.5. The van der Waals surface area contributed by atoms with Crippen LogP contribution in [-0.4, -0.2) is 76.1 Å². The van der Waals surface area contributed by atoms with Crippen LogP contribution in [0.2, 0.25) is 0 Å². The Kier molecular flexibility index (Phi) is 8.75. The highest BCUT2D eigenvalue weighted by Crippen LogP contribution is 2.25. The van der Waals surface area contributed by atoms with Crippen LogP contribution in [-0.2, 0) is 38.7 Å². The second kappa shape index (κ2) is 12.8. The topological polar surface area (TPSA) is 106 Å². The van der Waals surface area contributed by atoms with E-state index < -0.39 is 6.04 Å². The van der Waals surface area contributed by atoms with Crippen molar-refractivity contribution in [3.63, 3.8) is 0 Å². The highest BCUT2D eigenvalue weighted by Gasteiger charge is 2.33. The number of benzene rings is 2. The molecule has 3 aromatic rings. The highest BCUT2D eigenvalue weighted by molar-refractivity contribution is 5.85. The first-order valence-corrected chi connectivity index (χ1v) is 13.7. The van der Waals surface area contributed by atoms with E-state index in [4.69, 9.17) is 9.47 Å². The summed E-state index contributed by atoms with van der Waals surface area (Å²) in [6.07, 6.45) is 4.93. The number of nitrogens with one attached hydrogen (secondary N) is 1. The SMILES string of the molecule is CN1CC(=O)N[C@H]2CN(C(=O)CCn3cccn3)CC[C@H]2OCc2cccc(c2)Oc2cccc(c2)CCC1=O. The minimum absolute atomic E-state index is 0.00279. The molecule has 2 aliphatic rings. The quantitative estimate of drug-likeness (QED) is 0.543. The molecule has 0 unspecified atom stereocenters. The lowest BCUT2D eigenvalue weighted by Crippen LogP contribution is -2.58. The van der Waals surface area contributed by atoms with Crippen molar-refractivity contribution in [3.8, 4) is 11.5 Å². The number of aromatic nitrogens is 2. The third kappa shape index (κ3) is 7.26. The summed E-state index contributed by atoms with van der Waals surface area (Å²) in [4.78, 5) is 42.0. The minimum Gasteiger partial charge on any atom is -0.457 e. The largest absolute Gasteiger partial charge is 0.457 e. The number of rotatable bonds is 3. The molecule has 2 aromatic carbocycles. The summed E-state index contributed by atoms with van der Waals surface area (Å²) in [5.74, 6) is 0.989. The molecular formula is C30H35N5O5. The van der Waals surface area contributed by atoms with Gasteiger partial charge in [-0.25, -0.2) is 0 Å². The smallest absolute Gasteiger partial charge is 0.239 e. The summed E-state index contributed by atoms with van der Waals surface area (Å²) in [7, 11) is 1.63. The first-order chi connectivity index (χ1) is 19.4. The van der Waals surface area contributed by atoms with Gasteiger partial charge in [-0.1, -0.05) is 24.3 Å². The van der Waals surface area contributed by atoms with Gasteiger partial charge < -0.3 is 24.6 Å². The molecule has 0 radical (unpaired) electrons. The molecule has 4 bridgehead atoms. The molecule has 1 fully saturated rings. The Morgan fingerprint density at radius 2 is 1.82 bits per heavy atom. The van der Waals surface area contributed by atoms with E-state index in [1.165, 1.54) is 4.90 Å². The summed E-state index contributed by atoms with van der Waals surface area (Å²) in [6.45, 7) is 1.63. The molecule has 2 aliphatic heterocycles. The molecular weight excluding hydrogens is 510 g/mol. The zero-order valence-electron chi connectivity index (χ0n) is 22.7. The predicted molar refractivity (Wildman–Crippen MR) is 147 cm³/mol. The van der Waals surface area contributed by atoms with Gasteiger partial charge in [-0.15, -0.1) is 0 Å². The van der Waals surface area contributed by atoms with Gasteiger partial charge in [-0.2, -0.15) is 5.10 Å². The number of hydrogen-bond donors (Lipinski definition) is 1. The maximum Gasteiger partial charge on any atom is 0.239 e. The van der Waals surface area contributed by atoms with Crippen molar-refractivity contribution in [2.45, 2.75) is 51.0 Å². The summed E-state index contributed by atoms with van der Waals surface area (Å²) in [6, 6.07) is 16.8. The molecule has 1 saturated heterocycles. The van der Waals surface area contributed by atoms with Gasteiger partial charge >= 0.3 is 0 Å². The average Bonchev–Trinajstić information content (AvgIpc) is 3.47. The van der Waals surface area contributed by atoms with Crippen molar-refractivity contribution < 1.29 is 23.9 Å². The lowest BCUT2D eigenvalue weighted by Gasteiger charge is -2.39. The first-order valence-electron chi connectivity index (χ1n) is 13.7. The molecule has 3 heterocycles. The van der Waals surface area contributed by atoms with Crippen molar-refractivity contribution in [3.05, 3.63) is 78.1 Å². The van der Waals surface area contributed by atoms with Crippen molar-refractivity contribution >= 4 is 17.7 Å². The molecule has 2 atom stereocenters. The molecule has 3 amide bonds. The molecule has 1 aromatic heterocycles. The van der Waals surface area contributed by atoms with Gasteiger partial charge in [-0.3, -0.25) is 19.1 Å². The lowest BCUT2D eigenvalue weighted by molar-refractivity contribution is -0.139. The summed E-state index contributed by atoms with van der Waals surface area (Å²) in [5.41, 5.74) is 1.93. The van der Waals surface area contributed by atoms with Crippen molar-refractivity contribution in [1.82, 2.24) is 24.9 Å². The average molecular weight is 546 g/mol. The van der Waals surface area contributed by atoms with E-state index >= 15 is 0 Å². The number of fused-ring (bicyclic) bond motifs is 5. The van der Waals surface area contributed by atoms with Crippen LogP contribution in [0.3, 0.4) is 0 Å². The third-order valence-corrected chi connectivity index (χ3v) is 7.29. The molecule has 40 heavy (non-hydrogen) atoms. The van der Waals surface area contributed by atoms with Crippen LogP contribution in [0.15, 0.2) is 67.0 Å². The number of likely N-dealkylation sites (tertiary alicyclic amines) is 1. The van der Waals surface area contributed by atoms with Gasteiger partial charge in [0.1, 0.15) is 11.5 Å². The van der Waals surface area contributed by atoms with Crippen LogP contribution in [0.4, 0.5) is 0 Å². The van der Waals surface area contributed by atoms with Crippen molar-refractivity contribution in [1.29, 1.82) is 0 Å². The molecule has 5 rings (SSSR count). The van der Waals surface area contributed by atoms with Crippen LogP contribution < -0.4 is 10.1 Å².